The number of pyridine rings is 1. The van der Waals surface area contributed by atoms with Crippen LogP contribution in [-0.4, -0.2) is 35.5 Å². The molecule has 1 aliphatic heterocycles. The van der Waals surface area contributed by atoms with Crippen molar-refractivity contribution in [3.8, 4) is 11.8 Å². The van der Waals surface area contributed by atoms with Gasteiger partial charge in [-0.25, -0.2) is 4.79 Å². The summed E-state index contributed by atoms with van der Waals surface area (Å²) >= 11 is 1.35. The Bertz CT molecular complexity index is 1300. The molecule has 0 aliphatic carbocycles. The van der Waals surface area contributed by atoms with Gasteiger partial charge in [-0.1, -0.05) is 24.6 Å². The molecule has 2 amide bonds. The van der Waals surface area contributed by atoms with Gasteiger partial charge in [-0.3, -0.25) is 9.78 Å². The molecule has 1 aromatic carbocycles. The molecule has 0 saturated heterocycles. The third-order valence-electron chi connectivity index (χ3n) is 6.20. The van der Waals surface area contributed by atoms with E-state index in [1.807, 2.05) is 32.0 Å². The number of aryl methyl sites for hydroxylation is 1. The lowest BCUT2D eigenvalue weighted by Gasteiger charge is -2.26. The molecule has 1 atom stereocenters. The summed E-state index contributed by atoms with van der Waals surface area (Å²) in [5, 5.41) is 13.3. The van der Waals surface area contributed by atoms with Crippen LogP contribution in [0.2, 0.25) is 0 Å². The van der Waals surface area contributed by atoms with Crippen molar-refractivity contribution in [2.45, 2.75) is 45.8 Å². The number of nitriles is 1. The normalized spacial score (nSPS) is 13.3. The highest BCUT2D eigenvalue weighted by Crippen LogP contribution is 2.37. The fraction of sp³-hybridized carbons (Fsp3) is 0.333. The average Bonchev–Trinajstić information content (AvgIpc) is 3.23. The number of carbonyl (C=O) groups excluding carboxylic acids is 2. The Morgan fingerprint density at radius 2 is 2.06 bits per heavy atom. The van der Waals surface area contributed by atoms with Crippen LogP contribution in [0.3, 0.4) is 0 Å². The first-order valence-corrected chi connectivity index (χ1v) is 12.5. The minimum Gasteiger partial charge on any atom is -0.496 e. The molecule has 4 rings (SSSR count). The van der Waals surface area contributed by atoms with Crippen LogP contribution in [0.5, 0.6) is 5.75 Å². The summed E-state index contributed by atoms with van der Waals surface area (Å²) in [6, 6.07) is 11.8. The first kappa shape index (κ1) is 25.2. The molecular formula is C27H28N4O4S. The minimum absolute atomic E-state index is 0.0642. The molecule has 0 saturated carbocycles. The average molecular weight is 505 g/mol. The predicted octanol–water partition coefficient (Wildman–Crippen LogP) is 5.16. The lowest BCUT2D eigenvalue weighted by atomic mass is 9.95. The second kappa shape index (κ2) is 11.2. The number of aromatic nitrogens is 1. The Hall–Kier alpha value is -3.90. The third kappa shape index (κ3) is 5.66. The summed E-state index contributed by atoms with van der Waals surface area (Å²) in [6.45, 7) is 4.95. The fourth-order valence-electron chi connectivity index (χ4n) is 4.29. The Labute approximate surface area is 214 Å². The zero-order valence-electron chi connectivity index (χ0n) is 20.5. The van der Waals surface area contributed by atoms with Gasteiger partial charge in [-0.05, 0) is 54.2 Å². The fourth-order valence-corrected chi connectivity index (χ4v) is 5.52. The van der Waals surface area contributed by atoms with Gasteiger partial charge < -0.3 is 19.7 Å². The summed E-state index contributed by atoms with van der Waals surface area (Å²) in [5.74, 6) is 0.515. The van der Waals surface area contributed by atoms with Gasteiger partial charge >= 0.3 is 6.09 Å². The molecule has 9 heteroatoms. The van der Waals surface area contributed by atoms with Gasteiger partial charge in [-0.15, -0.1) is 11.3 Å². The number of amides is 2. The number of benzene rings is 1. The molecule has 8 nitrogen and oxygen atoms in total. The van der Waals surface area contributed by atoms with E-state index in [0.29, 0.717) is 30.1 Å². The van der Waals surface area contributed by atoms with Crippen molar-refractivity contribution >= 4 is 28.3 Å². The number of rotatable bonds is 7. The molecule has 186 valence electrons. The Kier molecular flexibility index (Phi) is 7.86. The molecule has 0 spiro atoms. The summed E-state index contributed by atoms with van der Waals surface area (Å²) in [6.07, 6.45) is 3.68. The SMILES string of the molecule is COc1ccc(C)cc1[C@@H](C)CC(=O)Nc1sc2c(c1C#N)CCN(C(=O)OCc1ccncc1)C2. The van der Waals surface area contributed by atoms with Gasteiger partial charge in [0.1, 0.15) is 23.4 Å². The van der Waals surface area contributed by atoms with E-state index in [1.54, 1.807) is 36.5 Å². The second-order valence-electron chi connectivity index (χ2n) is 8.80. The summed E-state index contributed by atoms with van der Waals surface area (Å²) in [7, 11) is 1.62. The van der Waals surface area contributed by atoms with Crippen LogP contribution >= 0.6 is 11.3 Å². The first-order chi connectivity index (χ1) is 17.4. The van der Waals surface area contributed by atoms with E-state index in [9.17, 15) is 14.9 Å². The molecule has 1 N–H and O–H groups in total. The summed E-state index contributed by atoms with van der Waals surface area (Å²) < 4.78 is 10.9. The van der Waals surface area contributed by atoms with E-state index in [2.05, 4.69) is 16.4 Å². The first-order valence-electron chi connectivity index (χ1n) is 11.7. The topological polar surface area (TPSA) is 105 Å². The van der Waals surface area contributed by atoms with E-state index >= 15 is 0 Å². The zero-order chi connectivity index (χ0) is 25.7. The Morgan fingerprint density at radius 3 is 2.78 bits per heavy atom. The zero-order valence-corrected chi connectivity index (χ0v) is 21.4. The van der Waals surface area contributed by atoms with E-state index in [1.165, 1.54) is 11.3 Å². The van der Waals surface area contributed by atoms with Gasteiger partial charge in [0, 0.05) is 30.2 Å². The van der Waals surface area contributed by atoms with E-state index < -0.39 is 6.09 Å². The van der Waals surface area contributed by atoms with Crippen LogP contribution in [0.25, 0.3) is 0 Å². The maximum Gasteiger partial charge on any atom is 0.410 e. The van der Waals surface area contributed by atoms with E-state index in [-0.39, 0.29) is 24.9 Å². The van der Waals surface area contributed by atoms with Crippen molar-refractivity contribution in [3.63, 3.8) is 0 Å². The lowest BCUT2D eigenvalue weighted by Crippen LogP contribution is -2.35. The minimum atomic E-state index is -0.407. The van der Waals surface area contributed by atoms with Crippen molar-refractivity contribution in [1.29, 1.82) is 5.26 Å². The molecule has 36 heavy (non-hydrogen) atoms. The number of hydrogen-bond acceptors (Lipinski definition) is 7. The molecule has 0 fully saturated rings. The quantitative estimate of drug-likeness (QED) is 0.477. The molecule has 3 aromatic rings. The lowest BCUT2D eigenvalue weighted by molar-refractivity contribution is -0.116. The van der Waals surface area contributed by atoms with E-state index in [4.69, 9.17) is 9.47 Å². The molecule has 3 heterocycles. The number of carbonyl (C=O) groups is 2. The smallest absolute Gasteiger partial charge is 0.410 e. The number of anilines is 1. The number of methoxy groups -OCH3 is 1. The van der Waals surface area contributed by atoms with Gasteiger partial charge in [0.15, 0.2) is 0 Å². The maximum atomic E-state index is 12.9. The number of nitrogens with one attached hydrogen (secondary N) is 1. The van der Waals surface area contributed by atoms with Crippen molar-refractivity contribution in [3.05, 3.63) is 75.4 Å². The van der Waals surface area contributed by atoms with Crippen molar-refractivity contribution < 1.29 is 19.1 Å². The maximum absolute atomic E-state index is 12.9. The Balaban J connectivity index is 1.41. The highest BCUT2D eigenvalue weighted by molar-refractivity contribution is 7.16. The van der Waals surface area contributed by atoms with Crippen LogP contribution in [0, 0.1) is 18.3 Å². The molecule has 0 bridgehead atoms. The third-order valence-corrected chi connectivity index (χ3v) is 7.33. The molecule has 0 radical (unpaired) electrons. The summed E-state index contributed by atoms with van der Waals surface area (Å²) in [5.41, 5.74) is 4.30. The molecule has 2 aromatic heterocycles. The van der Waals surface area contributed by atoms with Crippen LogP contribution in [0.15, 0.2) is 42.7 Å². The van der Waals surface area contributed by atoms with Crippen LogP contribution < -0.4 is 10.1 Å². The van der Waals surface area contributed by atoms with Crippen LogP contribution in [-0.2, 0) is 29.1 Å². The predicted molar refractivity (Wildman–Crippen MR) is 137 cm³/mol. The number of thiophene rings is 1. The highest BCUT2D eigenvalue weighted by Gasteiger charge is 2.28. The second-order valence-corrected chi connectivity index (χ2v) is 9.91. The van der Waals surface area contributed by atoms with Crippen molar-refractivity contribution in [2.24, 2.45) is 0 Å². The highest BCUT2D eigenvalue weighted by atomic mass is 32.1. The number of fused-ring (bicyclic) bond motifs is 1. The number of ether oxygens (including phenoxy) is 2. The number of hydrogen-bond donors (Lipinski definition) is 1. The standard InChI is InChI=1S/C27H28N4O4S/c1-17-4-5-23(34-3)21(12-17)18(2)13-25(32)30-26-22(14-28)20-8-11-31(15-24(20)36-26)27(33)35-16-19-6-9-29-10-7-19/h4-7,9-10,12,18H,8,11,13,15-16H2,1-3H3,(H,30,32)/t18-/m0/s1. The van der Waals surface area contributed by atoms with Gasteiger partial charge in [0.05, 0.1) is 19.2 Å². The van der Waals surface area contributed by atoms with Crippen molar-refractivity contribution in [2.75, 3.05) is 19.0 Å². The van der Waals surface area contributed by atoms with Gasteiger partial charge in [0.2, 0.25) is 5.91 Å². The van der Waals surface area contributed by atoms with Gasteiger partial charge in [-0.2, -0.15) is 5.26 Å². The molecule has 1 aliphatic rings. The summed E-state index contributed by atoms with van der Waals surface area (Å²) in [4.78, 5) is 32.0. The monoisotopic (exact) mass is 504 g/mol. The van der Waals surface area contributed by atoms with Gasteiger partial charge in [0.25, 0.3) is 0 Å². The largest absolute Gasteiger partial charge is 0.496 e. The molecule has 0 unspecified atom stereocenters. The van der Waals surface area contributed by atoms with Crippen molar-refractivity contribution in [1.82, 2.24) is 9.88 Å². The number of nitrogens with zero attached hydrogens (tertiary/aromatic N) is 3. The van der Waals surface area contributed by atoms with Crippen LogP contribution in [0.1, 0.15) is 52.0 Å². The molecular weight excluding hydrogens is 476 g/mol. The Morgan fingerprint density at radius 1 is 1.28 bits per heavy atom. The van der Waals surface area contributed by atoms with E-state index in [0.717, 1.165) is 32.9 Å². The van der Waals surface area contributed by atoms with Crippen LogP contribution in [0.4, 0.5) is 9.80 Å².